The third-order valence-corrected chi connectivity index (χ3v) is 7.15. The molecule has 0 saturated carbocycles. The summed E-state index contributed by atoms with van der Waals surface area (Å²) in [5.41, 5.74) is 1.04. The lowest BCUT2D eigenvalue weighted by molar-refractivity contribution is -0.136. The number of imidazole rings is 1. The minimum atomic E-state index is -1.27. The van der Waals surface area contributed by atoms with Gasteiger partial charge in [-0.25, -0.2) is 9.37 Å². The van der Waals surface area contributed by atoms with Gasteiger partial charge in [0.2, 0.25) is 17.7 Å². The Balaban J connectivity index is 1.58. The van der Waals surface area contributed by atoms with Crippen molar-refractivity contribution in [3.63, 3.8) is 0 Å². The fourth-order valence-corrected chi connectivity index (χ4v) is 4.58. The first-order chi connectivity index (χ1) is 20.0. The number of H-pyrrole nitrogens is 1. The predicted octanol–water partition coefficient (Wildman–Crippen LogP) is 1.71. The van der Waals surface area contributed by atoms with Gasteiger partial charge in [0.1, 0.15) is 30.3 Å². The minimum absolute atomic E-state index is 0.0969. The summed E-state index contributed by atoms with van der Waals surface area (Å²) in [6.45, 7) is 4.22. The molecular formula is C30H35FN6O5. The summed E-state index contributed by atoms with van der Waals surface area (Å²) >= 11 is 0. The van der Waals surface area contributed by atoms with Crippen LogP contribution in [0.15, 0.2) is 61.1 Å². The molecule has 1 aliphatic rings. The van der Waals surface area contributed by atoms with Crippen molar-refractivity contribution in [3.05, 3.63) is 83.7 Å². The van der Waals surface area contributed by atoms with E-state index in [-0.39, 0.29) is 49.2 Å². The number of benzene rings is 2. The fraction of sp³-hybridized carbons (Fsp3) is 0.367. The van der Waals surface area contributed by atoms with Gasteiger partial charge in [0.15, 0.2) is 0 Å². The van der Waals surface area contributed by atoms with Crippen molar-refractivity contribution in [2.45, 2.75) is 44.2 Å². The van der Waals surface area contributed by atoms with Crippen LogP contribution >= 0.6 is 0 Å². The second kappa shape index (κ2) is 13.3. The molecular weight excluding hydrogens is 543 g/mol. The van der Waals surface area contributed by atoms with E-state index in [2.05, 4.69) is 25.9 Å². The zero-order chi connectivity index (χ0) is 30.3. The molecule has 222 valence electrons. The van der Waals surface area contributed by atoms with E-state index in [0.717, 1.165) is 5.56 Å². The van der Waals surface area contributed by atoms with Crippen molar-refractivity contribution in [1.29, 1.82) is 0 Å². The number of aromatic nitrogens is 2. The van der Waals surface area contributed by atoms with Gasteiger partial charge in [-0.1, -0.05) is 38.1 Å². The Bertz CT molecular complexity index is 1410. The molecule has 11 nitrogen and oxygen atoms in total. The molecule has 2 atom stereocenters. The van der Waals surface area contributed by atoms with Crippen molar-refractivity contribution in [2.24, 2.45) is 0 Å². The molecule has 42 heavy (non-hydrogen) atoms. The number of hydrogen-bond acceptors (Lipinski definition) is 6. The highest BCUT2D eigenvalue weighted by Gasteiger charge is 2.31. The van der Waals surface area contributed by atoms with Crippen molar-refractivity contribution < 1.29 is 28.3 Å². The standard InChI is InChI=1S/C30H35FN6O5/c1-30(2,19-8-10-20(31)11-9-19)17-33-28(40)23-15-26(38)35-24(14-21-16-32-18-34-21)29(41)37(3)12-13-42-25-7-5-4-6-22(25)27(39)36-23/h4-11,16,18,23-24H,12-15,17H2,1-3H3,(H,32,34)(H,33,40)(H,35,38)(H,36,39)/t23-,24-/m0/s1. The summed E-state index contributed by atoms with van der Waals surface area (Å²) in [4.78, 5) is 61.7. The predicted molar refractivity (Wildman–Crippen MR) is 152 cm³/mol. The fourth-order valence-electron chi connectivity index (χ4n) is 4.58. The maximum atomic E-state index is 13.4. The normalized spacial score (nSPS) is 18.7. The Morgan fingerprint density at radius 3 is 2.57 bits per heavy atom. The van der Waals surface area contributed by atoms with Gasteiger partial charge >= 0.3 is 0 Å². The van der Waals surface area contributed by atoms with Crippen LogP contribution in [-0.4, -0.2) is 77.3 Å². The molecule has 0 fully saturated rings. The van der Waals surface area contributed by atoms with E-state index in [9.17, 15) is 23.6 Å². The third-order valence-electron chi connectivity index (χ3n) is 7.15. The van der Waals surface area contributed by atoms with Crippen LogP contribution in [0.1, 0.15) is 41.9 Å². The SMILES string of the molecule is CN1CCOc2ccccc2C(=O)N[C@H](C(=O)NCC(C)(C)c2ccc(F)cc2)CC(=O)N[C@@H](Cc2cnc[nH]2)C1=O. The van der Waals surface area contributed by atoms with Gasteiger partial charge < -0.3 is 30.6 Å². The Morgan fingerprint density at radius 1 is 1.12 bits per heavy atom. The monoisotopic (exact) mass is 578 g/mol. The number of likely N-dealkylation sites (N-methyl/N-ethyl adjacent to an activating group) is 1. The van der Waals surface area contributed by atoms with Crippen LogP contribution in [0.3, 0.4) is 0 Å². The van der Waals surface area contributed by atoms with E-state index in [1.54, 1.807) is 49.6 Å². The molecule has 4 amide bonds. The molecule has 0 aliphatic carbocycles. The number of nitrogens with zero attached hydrogens (tertiary/aromatic N) is 2. The first-order valence-corrected chi connectivity index (χ1v) is 13.6. The van der Waals surface area contributed by atoms with Crippen LogP contribution in [0, 0.1) is 5.82 Å². The van der Waals surface area contributed by atoms with E-state index in [1.165, 1.54) is 23.4 Å². The average molecular weight is 579 g/mol. The van der Waals surface area contributed by atoms with Crippen LogP contribution in [-0.2, 0) is 26.2 Å². The molecule has 1 aromatic heterocycles. The second-order valence-corrected chi connectivity index (χ2v) is 10.8. The Kier molecular flexibility index (Phi) is 9.56. The summed E-state index contributed by atoms with van der Waals surface area (Å²) in [5.74, 6) is -2.21. The molecule has 4 N–H and O–H groups in total. The molecule has 0 unspecified atom stereocenters. The highest BCUT2D eigenvalue weighted by molar-refractivity contribution is 6.01. The smallest absolute Gasteiger partial charge is 0.255 e. The lowest BCUT2D eigenvalue weighted by Gasteiger charge is -2.28. The highest BCUT2D eigenvalue weighted by atomic mass is 19.1. The molecule has 3 aromatic rings. The minimum Gasteiger partial charge on any atom is -0.491 e. The number of rotatable bonds is 6. The molecule has 0 spiro atoms. The molecule has 4 rings (SSSR count). The quantitative estimate of drug-likeness (QED) is 0.351. The Labute approximate surface area is 243 Å². The number of para-hydroxylation sites is 1. The van der Waals surface area contributed by atoms with Gasteiger partial charge in [-0.3, -0.25) is 19.2 Å². The van der Waals surface area contributed by atoms with Crippen LogP contribution in [0.2, 0.25) is 0 Å². The third kappa shape index (κ3) is 7.71. The van der Waals surface area contributed by atoms with Crippen molar-refractivity contribution in [2.75, 3.05) is 26.7 Å². The van der Waals surface area contributed by atoms with E-state index >= 15 is 0 Å². The number of nitrogens with one attached hydrogen (secondary N) is 4. The van der Waals surface area contributed by atoms with Gasteiger partial charge in [0.05, 0.1) is 24.9 Å². The van der Waals surface area contributed by atoms with Gasteiger partial charge in [0, 0.05) is 37.3 Å². The van der Waals surface area contributed by atoms with Crippen LogP contribution in [0.4, 0.5) is 4.39 Å². The number of halogens is 1. The maximum absolute atomic E-state index is 13.4. The first kappa shape index (κ1) is 30.2. The lowest BCUT2D eigenvalue weighted by Crippen LogP contribution is -2.54. The Hall–Kier alpha value is -4.74. The Morgan fingerprint density at radius 2 is 1.86 bits per heavy atom. The van der Waals surface area contributed by atoms with Gasteiger partial charge in [-0.2, -0.15) is 0 Å². The number of aromatic amines is 1. The van der Waals surface area contributed by atoms with Crippen molar-refractivity contribution in [3.8, 4) is 5.75 Å². The topological polar surface area (TPSA) is 146 Å². The summed E-state index contributed by atoms with van der Waals surface area (Å²) in [5, 5.41) is 8.22. The zero-order valence-corrected chi connectivity index (χ0v) is 23.8. The number of hydrogen-bond donors (Lipinski definition) is 4. The maximum Gasteiger partial charge on any atom is 0.255 e. The molecule has 2 heterocycles. The summed E-state index contributed by atoms with van der Waals surface area (Å²) in [6.07, 6.45) is 2.76. The molecule has 0 bridgehead atoms. The van der Waals surface area contributed by atoms with E-state index in [4.69, 9.17) is 4.74 Å². The van der Waals surface area contributed by atoms with Gasteiger partial charge in [-0.15, -0.1) is 0 Å². The van der Waals surface area contributed by atoms with Crippen LogP contribution in [0.5, 0.6) is 5.75 Å². The number of ether oxygens (including phenoxy) is 1. The molecule has 0 saturated heterocycles. The van der Waals surface area contributed by atoms with Gasteiger partial charge in [-0.05, 0) is 29.8 Å². The van der Waals surface area contributed by atoms with Crippen LogP contribution in [0.25, 0.3) is 0 Å². The average Bonchev–Trinajstić information content (AvgIpc) is 3.48. The number of amides is 4. The summed E-state index contributed by atoms with van der Waals surface area (Å²) in [7, 11) is 1.60. The second-order valence-electron chi connectivity index (χ2n) is 10.8. The van der Waals surface area contributed by atoms with Gasteiger partial charge in [0.25, 0.3) is 5.91 Å². The summed E-state index contributed by atoms with van der Waals surface area (Å²) < 4.78 is 19.3. The number of carbonyl (C=O) groups excluding carboxylic acids is 4. The highest BCUT2D eigenvalue weighted by Crippen LogP contribution is 2.23. The molecule has 1 aliphatic heterocycles. The summed E-state index contributed by atoms with van der Waals surface area (Å²) in [6, 6.07) is 10.3. The first-order valence-electron chi connectivity index (χ1n) is 13.6. The molecule has 0 radical (unpaired) electrons. The van der Waals surface area contributed by atoms with Crippen LogP contribution < -0.4 is 20.7 Å². The lowest BCUT2D eigenvalue weighted by atomic mass is 9.84. The largest absolute Gasteiger partial charge is 0.491 e. The van der Waals surface area contributed by atoms with E-state index < -0.39 is 41.6 Å². The molecule has 12 heteroatoms. The van der Waals surface area contributed by atoms with Crippen molar-refractivity contribution in [1.82, 2.24) is 30.8 Å². The van der Waals surface area contributed by atoms with E-state index in [1.807, 2.05) is 13.8 Å². The molecule has 2 aromatic carbocycles. The number of carbonyl (C=O) groups is 4. The van der Waals surface area contributed by atoms with E-state index in [0.29, 0.717) is 5.69 Å². The number of fused-ring (bicyclic) bond motifs is 1. The van der Waals surface area contributed by atoms with Crippen molar-refractivity contribution >= 4 is 23.6 Å². The zero-order valence-electron chi connectivity index (χ0n) is 23.8.